The van der Waals surface area contributed by atoms with E-state index in [1.54, 1.807) is 16.8 Å². The van der Waals surface area contributed by atoms with Gasteiger partial charge in [0.25, 0.3) is 5.91 Å². The van der Waals surface area contributed by atoms with Crippen molar-refractivity contribution in [3.63, 3.8) is 0 Å². The number of carbonyl (C=O) groups excluding carboxylic acids is 1. The molecular weight excluding hydrogens is 278 g/mol. The van der Waals surface area contributed by atoms with E-state index in [0.717, 1.165) is 18.5 Å². The van der Waals surface area contributed by atoms with Gasteiger partial charge in [0.15, 0.2) is 5.82 Å². The van der Waals surface area contributed by atoms with E-state index in [-0.39, 0.29) is 11.9 Å². The number of benzene rings is 1. The number of aryl methyl sites for hydroxylation is 1. The van der Waals surface area contributed by atoms with E-state index in [1.807, 2.05) is 26.0 Å². The summed E-state index contributed by atoms with van der Waals surface area (Å²) in [6, 6.07) is 7.48. The van der Waals surface area contributed by atoms with Crippen LogP contribution >= 0.6 is 0 Å². The van der Waals surface area contributed by atoms with Gasteiger partial charge in [-0.25, -0.2) is 0 Å². The molecule has 1 aromatic carbocycles. The Bertz CT molecular complexity index is 605. The lowest BCUT2D eigenvalue weighted by molar-refractivity contribution is 0.0938. The normalized spacial score (nSPS) is 12.1. The number of hydrogen-bond acceptors (Lipinski definition) is 4. The molecule has 2 aromatic rings. The van der Waals surface area contributed by atoms with Crippen molar-refractivity contribution >= 4 is 5.91 Å². The summed E-state index contributed by atoms with van der Waals surface area (Å²) in [5, 5.41) is 14.4. The van der Waals surface area contributed by atoms with Crippen LogP contribution in [0.2, 0.25) is 0 Å². The molecular formula is C16H23N5O. The number of nitrogens with zero attached hydrogens (tertiary/aromatic N) is 4. The van der Waals surface area contributed by atoms with Gasteiger partial charge in [-0.05, 0) is 55.0 Å². The summed E-state index contributed by atoms with van der Waals surface area (Å²) in [5.74, 6) is 0.672. The standard InChI is InChI=1S/C16H23N5O/c1-4-5-6-7-12(2)17-16(22)14-8-10-15(11-9-14)21-13(3)18-19-20-21/h8-12H,4-7H2,1-3H3,(H,17,22)/t12-/m0/s1. The zero-order valence-corrected chi connectivity index (χ0v) is 13.4. The van der Waals surface area contributed by atoms with Gasteiger partial charge >= 0.3 is 0 Å². The first-order valence-electron chi connectivity index (χ1n) is 7.78. The van der Waals surface area contributed by atoms with E-state index in [9.17, 15) is 4.79 Å². The van der Waals surface area contributed by atoms with Gasteiger partial charge in [-0.3, -0.25) is 4.79 Å². The van der Waals surface area contributed by atoms with Crippen molar-refractivity contribution in [2.75, 3.05) is 0 Å². The van der Waals surface area contributed by atoms with Crippen LogP contribution in [0.25, 0.3) is 5.69 Å². The fraction of sp³-hybridized carbons (Fsp3) is 0.500. The lowest BCUT2D eigenvalue weighted by Gasteiger charge is -2.13. The number of unbranched alkanes of at least 4 members (excludes halogenated alkanes) is 2. The number of tetrazole rings is 1. The van der Waals surface area contributed by atoms with Crippen molar-refractivity contribution < 1.29 is 4.79 Å². The summed E-state index contributed by atoms with van der Waals surface area (Å²) in [7, 11) is 0. The predicted molar refractivity (Wildman–Crippen MR) is 85.0 cm³/mol. The van der Waals surface area contributed by atoms with Gasteiger partial charge in [-0.15, -0.1) is 5.10 Å². The van der Waals surface area contributed by atoms with Crippen molar-refractivity contribution in [2.24, 2.45) is 0 Å². The molecule has 1 N–H and O–H groups in total. The first-order valence-corrected chi connectivity index (χ1v) is 7.78. The molecule has 0 bridgehead atoms. The largest absolute Gasteiger partial charge is 0.350 e. The van der Waals surface area contributed by atoms with E-state index in [4.69, 9.17) is 0 Å². The van der Waals surface area contributed by atoms with Gasteiger partial charge in [0.2, 0.25) is 0 Å². The number of hydrogen-bond donors (Lipinski definition) is 1. The predicted octanol–water partition coefficient (Wildman–Crippen LogP) is 2.67. The van der Waals surface area contributed by atoms with Gasteiger partial charge in [0, 0.05) is 11.6 Å². The third-order valence-electron chi connectivity index (χ3n) is 3.62. The molecule has 0 aliphatic carbocycles. The lowest BCUT2D eigenvalue weighted by Crippen LogP contribution is -2.32. The van der Waals surface area contributed by atoms with Crippen LogP contribution in [0.4, 0.5) is 0 Å². The summed E-state index contributed by atoms with van der Waals surface area (Å²) in [6.07, 6.45) is 4.57. The van der Waals surface area contributed by atoms with E-state index >= 15 is 0 Å². The highest BCUT2D eigenvalue weighted by Crippen LogP contribution is 2.10. The molecule has 0 aliphatic rings. The van der Waals surface area contributed by atoms with Crippen molar-refractivity contribution in [3.8, 4) is 5.69 Å². The molecule has 0 spiro atoms. The van der Waals surface area contributed by atoms with Crippen molar-refractivity contribution in [2.45, 2.75) is 52.5 Å². The summed E-state index contributed by atoms with van der Waals surface area (Å²) in [5.41, 5.74) is 1.49. The monoisotopic (exact) mass is 301 g/mol. The van der Waals surface area contributed by atoms with Gasteiger partial charge in [-0.2, -0.15) is 4.68 Å². The van der Waals surface area contributed by atoms with Gasteiger partial charge in [-0.1, -0.05) is 26.2 Å². The Morgan fingerprint density at radius 3 is 2.59 bits per heavy atom. The fourth-order valence-corrected chi connectivity index (χ4v) is 2.30. The van der Waals surface area contributed by atoms with Crippen LogP contribution in [0.15, 0.2) is 24.3 Å². The lowest BCUT2D eigenvalue weighted by atomic mass is 10.1. The van der Waals surface area contributed by atoms with Crippen LogP contribution in [0.3, 0.4) is 0 Å². The van der Waals surface area contributed by atoms with Crippen LogP contribution in [-0.2, 0) is 0 Å². The van der Waals surface area contributed by atoms with Gasteiger partial charge < -0.3 is 5.32 Å². The highest BCUT2D eigenvalue weighted by atomic mass is 16.1. The Morgan fingerprint density at radius 2 is 2.00 bits per heavy atom. The minimum absolute atomic E-state index is 0.0380. The molecule has 1 aromatic heterocycles. The van der Waals surface area contributed by atoms with E-state index in [0.29, 0.717) is 11.4 Å². The number of rotatable bonds is 7. The van der Waals surface area contributed by atoms with Gasteiger partial charge in [0.05, 0.1) is 5.69 Å². The summed E-state index contributed by atoms with van der Waals surface area (Å²) in [4.78, 5) is 12.2. The average Bonchev–Trinajstić information content (AvgIpc) is 2.94. The molecule has 2 rings (SSSR count). The van der Waals surface area contributed by atoms with Crippen molar-refractivity contribution in [3.05, 3.63) is 35.7 Å². The Hall–Kier alpha value is -2.24. The SMILES string of the molecule is CCCCC[C@H](C)NC(=O)c1ccc(-n2nnnc2C)cc1. The molecule has 0 saturated carbocycles. The Labute approximate surface area is 130 Å². The molecule has 1 amide bonds. The maximum atomic E-state index is 12.2. The van der Waals surface area contributed by atoms with Crippen LogP contribution < -0.4 is 5.32 Å². The molecule has 0 aliphatic heterocycles. The summed E-state index contributed by atoms with van der Waals surface area (Å²) >= 11 is 0. The quantitative estimate of drug-likeness (QED) is 0.798. The molecule has 118 valence electrons. The number of carbonyl (C=O) groups is 1. The third-order valence-corrected chi connectivity index (χ3v) is 3.62. The maximum absolute atomic E-state index is 12.2. The first kappa shape index (κ1) is 16.1. The number of nitrogens with one attached hydrogen (secondary N) is 1. The zero-order valence-electron chi connectivity index (χ0n) is 13.4. The second-order valence-electron chi connectivity index (χ2n) is 5.56. The summed E-state index contributed by atoms with van der Waals surface area (Å²) < 4.78 is 1.63. The molecule has 22 heavy (non-hydrogen) atoms. The zero-order chi connectivity index (χ0) is 15.9. The number of aromatic nitrogens is 4. The molecule has 6 nitrogen and oxygen atoms in total. The second-order valence-corrected chi connectivity index (χ2v) is 5.56. The molecule has 0 unspecified atom stereocenters. The van der Waals surface area contributed by atoms with Crippen molar-refractivity contribution in [1.29, 1.82) is 0 Å². The minimum Gasteiger partial charge on any atom is -0.350 e. The molecule has 0 radical (unpaired) electrons. The molecule has 0 fully saturated rings. The maximum Gasteiger partial charge on any atom is 0.251 e. The van der Waals surface area contributed by atoms with E-state index in [1.165, 1.54) is 12.8 Å². The topological polar surface area (TPSA) is 72.7 Å². The van der Waals surface area contributed by atoms with Crippen LogP contribution in [0.5, 0.6) is 0 Å². The van der Waals surface area contributed by atoms with Crippen molar-refractivity contribution in [1.82, 2.24) is 25.5 Å². The van der Waals surface area contributed by atoms with E-state index in [2.05, 4.69) is 27.8 Å². The number of amides is 1. The highest BCUT2D eigenvalue weighted by molar-refractivity contribution is 5.94. The molecule has 0 saturated heterocycles. The Morgan fingerprint density at radius 1 is 1.27 bits per heavy atom. The third kappa shape index (κ3) is 4.13. The average molecular weight is 301 g/mol. The highest BCUT2D eigenvalue weighted by Gasteiger charge is 2.10. The molecule has 1 atom stereocenters. The van der Waals surface area contributed by atoms with E-state index < -0.39 is 0 Å². The first-order chi connectivity index (χ1) is 10.6. The second kappa shape index (κ2) is 7.68. The van der Waals surface area contributed by atoms with Gasteiger partial charge in [0.1, 0.15) is 0 Å². The Kier molecular flexibility index (Phi) is 5.63. The van der Waals surface area contributed by atoms with Crippen LogP contribution in [0.1, 0.15) is 55.7 Å². The molecule has 1 heterocycles. The minimum atomic E-state index is -0.0380. The smallest absolute Gasteiger partial charge is 0.251 e. The fourth-order valence-electron chi connectivity index (χ4n) is 2.30. The van der Waals surface area contributed by atoms with Crippen LogP contribution in [0, 0.1) is 6.92 Å². The van der Waals surface area contributed by atoms with Crippen LogP contribution in [-0.4, -0.2) is 32.2 Å². The summed E-state index contributed by atoms with van der Waals surface area (Å²) in [6.45, 7) is 6.06. The molecule has 6 heteroatoms. The Balaban J connectivity index is 1.95.